The maximum Gasteiger partial charge on any atom is 0.0233 e. The van der Waals surface area contributed by atoms with E-state index in [1.54, 1.807) is 0 Å². The van der Waals surface area contributed by atoms with Crippen LogP contribution >= 0.6 is 11.8 Å². The lowest BCUT2D eigenvalue weighted by molar-refractivity contribution is 0.402. The summed E-state index contributed by atoms with van der Waals surface area (Å²) in [5, 5.41) is 0. The van der Waals surface area contributed by atoms with Gasteiger partial charge in [0.05, 0.1) is 0 Å². The molecule has 0 atom stereocenters. The third-order valence-corrected chi connectivity index (χ3v) is 4.08. The number of rotatable bonds is 6. The topological polar surface area (TPSA) is 3.24 Å². The fraction of sp³-hybridized carbons (Fsp3) is 0.263. The molecule has 110 valence electrons. The number of hydrogen-bond acceptors (Lipinski definition) is 2. The van der Waals surface area contributed by atoms with Gasteiger partial charge in [0.25, 0.3) is 0 Å². The Morgan fingerprint density at radius 3 is 2.33 bits per heavy atom. The minimum Gasteiger partial charge on any atom is -0.305 e. The second kappa shape index (κ2) is 8.06. The average molecular weight is 297 g/mol. The fourth-order valence-corrected chi connectivity index (χ4v) is 2.87. The van der Waals surface area contributed by atoms with E-state index in [1.807, 2.05) is 11.8 Å². The van der Waals surface area contributed by atoms with Crippen molar-refractivity contribution >= 4 is 23.9 Å². The molecule has 21 heavy (non-hydrogen) atoms. The van der Waals surface area contributed by atoms with Gasteiger partial charge in [0.2, 0.25) is 0 Å². The van der Waals surface area contributed by atoms with E-state index in [1.165, 1.54) is 21.6 Å². The quantitative estimate of drug-likeness (QED) is 0.543. The number of benzene rings is 2. The van der Waals surface area contributed by atoms with Crippen molar-refractivity contribution in [1.82, 2.24) is 4.90 Å². The zero-order chi connectivity index (χ0) is 15.1. The van der Waals surface area contributed by atoms with E-state index in [0.717, 1.165) is 12.3 Å². The molecule has 0 fully saturated rings. The predicted molar refractivity (Wildman–Crippen MR) is 95.6 cm³/mol. The molecule has 2 aromatic rings. The summed E-state index contributed by atoms with van der Waals surface area (Å²) in [6.45, 7) is 3.15. The van der Waals surface area contributed by atoms with Crippen molar-refractivity contribution in [3.8, 4) is 0 Å². The Hall–Kier alpha value is -1.51. The van der Waals surface area contributed by atoms with Crippen molar-refractivity contribution in [2.24, 2.45) is 0 Å². The first-order chi connectivity index (χ1) is 10.2. The lowest BCUT2D eigenvalue weighted by Crippen LogP contribution is -2.11. The number of thioether (sulfide) groups is 1. The van der Waals surface area contributed by atoms with Gasteiger partial charge in [0.15, 0.2) is 0 Å². The maximum atomic E-state index is 2.21. The maximum absolute atomic E-state index is 2.21. The normalized spacial score (nSPS) is 11.4. The van der Waals surface area contributed by atoms with Crippen LogP contribution in [0.4, 0.5) is 0 Å². The van der Waals surface area contributed by atoms with Gasteiger partial charge in [0.1, 0.15) is 0 Å². The minimum absolute atomic E-state index is 0.965. The van der Waals surface area contributed by atoms with Crippen molar-refractivity contribution < 1.29 is 0 Å². The molecule has 0 aliphatic heterocycles. The summed E-state index contributed by atoms with van der Waals surface area (Å²) in [5.41, 5.74) is 3.89. The molecule has 0 saturated carbocycles. The van der Waals surface area contributed by atoms with Crippen molar-refractivity contribution in [2.75, 3.05) is 19.8 Å². The second-order valence-corrected chi connectivity index (χ2v) is 6.61. The second-order valence-electron chi connectivity index (χ2n) is 5.27. The highest BCUT2D eigenvalue weighted by atomic mass is 32.2. The number of hydrogen-bond donors (Lipinski definition) is 0. The van der Waals surface area contributed by atoms with Gasteiger partial charge in [0, 0.05) is 11.4 Å². The van der Waals surface area contributed by atoms with E-state index >= 15 is 0 Å². The Bertz CT molecular complexity index is 585. The van der Waals surface area contributed by atoms with Crippen LogP contribution in [0, 0.1) is 0 Å². The molecule has 1 nitrogen and oxygen atoms in total. The molecule has 2 heteroatoms. The molecular weight excluding hydrogens is 274 g/mol. The monoisotopic (exact) mass is 297 g/mol. The Labute approximate surface area is 132 Å². The third kappa shape index (κ3) is 5.07. The van der Waals surface area contributed by atoms with Crippen LogP contribution in [-0.2, 0) is 6.54 Å². The summed E-state index contributed by atoms with van der Waals surface area (Å²) < 4.78 is 0. The van der Waals surface area contributed by atoms with Crippen LogP contribution in [0.2, 0.25) is 0 Å². The average Bonchev–Trinajstić information content (AvgIpc) is 2.48. The van der Waals surface area contributed by atoms with Crippen molar-refractivity contribution in [3.63, 3.8) is 0 Å². The van der Waals surface area contributed by atoms with Crippen LogP contribution in [0.15, 0.2) is 53.4 Å². The Morgan fingerprint density at radius 2 is 1.67 bits per heavy atom. The van der Waals surface area contributed by atoms with E-state index in [0.29, 0.717) is 0 Å². The van der Waals surface area contributed by atoms with E-state index in [2.05, 4.69) is 86.6 Å². The first-order valence-electron chi connectivity index (χ1n) is 7.32. The molecule has 2 rings (SSSR count). The van der Waals surface area contributed by atoms with Crippen molar-refractivity contribution in [1.29, 1.82) is 0 Å². The number of nitrogens with zero attached hydrogens (tertiary/aromatic N) is 1. The Balaban J connectivity index is 2.13. The summed E-state index contributed by atoms with van der Waals surface area (Å²) >= 11 is 1.88. The summed E-state index contributed by atoms with van der Waals surface area (Å²) in [5.74, 6) is 1.12. The molecule has 0 bridgehead atoms. The molecule has 0 amide bonds. The molecule has 0 aliphatic carbocycles. The first kappa shape index (κ1) is 15.9. The zero-order valence-corrected chi connectivity index (χ0v) is 13.9. The fourth-order valence-electron chi connectivity index (χ4n) is 2.21. The van der Waals surface area contributed by atoms with Crippen LogP contribution in [0.1, 0.15) is 23.6 Å². The van der Waals surface area contributed by atoms with Gasteiger partial charge in [-0.25, -0.2) is 0 Å². The summed E-state index contributed by atoms with van der Waals surface area (Å²) in [6, 6.07) is 17.3. The van der Waals surface area contributed by atoms with Crippen LogP contribution in [0.3, 0.4) is 0 Å². The van der Waals surface area contributed by atoms with Crippen molar-refractivity contribution in [2.45, 2.75) is 18.4 Å². The molecule has 0 aliphatic rings. The predicted octanol–water partition coefficient (Wildman–Crippen LogP) is 5.03. The Morgan fingerprint density at radius 1 is 0.952 bits per heavy atom. The lowest BCUT2D eigenvalue weighted by Gasteiger charge is -2.12. The minimum atomic E-state index is 0.965. The molecule has 0 unspecified atom stereocenters. The van der Waals surface area contributed by atoms with Gasteiger partial charge < -0.3 is 4.90 Å². The van der Waals surface area contributed by atoms with Crippen molar-refractivity contribution in [3.05, 3.63) is 65.2 Å². The van der Waals surface area contributed by atoms with Gasteiger partial charge >= 0.3 is 0 Å². The molecule has 0 aromatic heterocycles. The molecule has 0 heterocycles. The van der Waals surface area contributed by atoms with Crippen LogP contribution < -0.4 is 0 Å². The summed E-state index contributed by atoms with van der Waals surface area (Å²) in [6.07, 6.45) is 4.40. The highest BCUT2D eigenvalue weighted by Gasteiger charge is 2.00. The molecule has 0 saturated heterocycles. The van der Waals surface area contributed by atoms with Gasteiger partial charge in [-0.05, 0) is 48.7 Å². The summed E-state index contributed by atoms with van der Waals surface area (Å²) in [4.78, 5) is 3.53. The third-order valence-electron chi connectivity index (χ3n) is 3.19. The summed E-state index contributed by atoms with van der Waals surface area (Å²) in [7, 11) is 4.20. The van der Waals surface area contributed by atoms with Gasteiger partial charge in [-0.15, -0.1) is 11.8 Å². The molecule has 2 aromatic carbocycles. The zero-order valence-electron chi connectivity index (χ0n) is 13.0. The SMILES string of the molecule is CCSc1ccc(/C=C\c2ccccc2CN(C)C)cc1. The van der Waals surface area contributed by atoms with Crippen LogP contribution in [0.25, 0.3) is 12.2 Å². The highest BCUT2D eigenvalue weighted by Crippen LogP contribution is 2.19. The van der Waals surface area contributed by atoms with E-state index < -0.39 is 0 Å². The van der Waals surface area contributed by atoms with E-state index in [-0.39, 0.29) is 0 Å². The Kier molecular flexibility index (Phi) is 6.09. The largest absolute Gasteiger partial charge is 0.305 e. The first-order valence-corrected chi connectivity index (χ1v) is 8.31. The molecule has 0 radical (unpaired) electrons. The molecule has 0 spiro atoms. The van der Waals surface area contributed by atoms with Gasteiger partial charge in [-0.1, -0.05) is 55.5 Å². The lowest BCUT2D eigenvalue weighted by atomic mass is 10.1. The molecular formula is C19H23NS. The van der Waals surface area contributed by atoms with Crippen LogP contribution in [0.5, 0.6) is 0 Å². The smallest absolute Gasteiger partial charge is 0.0233 e. The van der Waals surface area contributed by atoms with Gasteiger partial charge in [-0.3, -0.25) is 0 Å². The van der Waals surface area contributed by atoms with E-state index in [9.17, 15) is 0 Å². The standard InChI is InChI=1S/C19H23NS/c1-4-21-19-13-10-16(11-14-19)9-12-17-7-5-6-8-18(17)15-20(2)3/h5-14H,4,15H2,1-3H3/b12-9-. The highest BCUT2D eigenvalue weighted by molar-refractivity contribution is 7.99. The van der Waals surface area contributed by atoms with E-state index in [4.69, 9.17) is 0 Å². The molecule has 0 N–H and O–H groups in total. The van der Waals surface area contributed by atoms with Crippen LogP contribution in [-0.4, -0.2) is 24.7 Å². The van der Waals surface area contributed by atoms with Gasteiger partial charge in [-0.2, -0.15) is 0 Å².